The van der Waals surface area contributed by atoms with E-state index in [1.807, 2.05) is 0 Å². The van der Waals surface area contributed by atoms with Gasteiger partial charge in [0, 0.05) is 12.1 Å². The topological polar surface area (TPSA) is 152 Å². The average molecular weight is 385 g/mol. The first-order valence-electron chi connectivity index (χ1n) is 6.50. The molecule has 0 saturated heterocycles. The van der Waals surface area contributed by atoms with Crippen LogP contribution >= 0.6 is 0 Å². The molecule has 2 rings (SSSR count). The van der Waals surface area contributed by atoms with Gasteiger partial charge in [-0.25, -0.2) is 0 Å². The normalized spacial score (nSPS) is 12.4. The molecular weight excluding hydrogens is 374 g/mol. The second-order valence-corrected chi connectivity index (χ2v) is 7.58. The van der Waals surface area contributed by atoms with E-state index in [-0.39, 0.29) is 11.1 Å². The Labute approximate surface area is 142 Å². The fourth-order valence-corrected chi connectivity index (χ4v) is 3.42. The van der Waals surface area contributed by atoms with E-state index >= 15 is 0 Å². The maximum atomic E-state index is 11.4. The lowest BCUT2D eigenvalue weighted by molar-refractivity contribution is -0.385. The molecule has 0 bridgehead atoms. The van der Waals surface area contributed by atoms with Crippen LogP contribution in [0.4, 0.5) is 5.69 Å². The third kappa shape index (κ3) is 4.48. The lowest BCUT2D eigenvalue weighted by Crippen LogP contribution is -2.02. The minimum absolute atomic E-state index is 0.0599. The number of nitro benzene ring substituents is 1. The van der Waals surface area contributed by atoms with Crippen LogP contribution in [0.1, 0.15) is 11.1 Å². The van der Waals surface area contributed by atoms with Gasteiger partial charge in [0.05, 0.1) is 4.92 Å². The number of hydrogen-bond donors (Lipinski definition) is 2. The van der Waals surface area contributed by atoms with Crippen LogP contribution in [0.15, 0.2) is 52.3 Å². The Morgan fingerprint density at radius 3 is 1.88 bits per heavy atom. The van der Waals surface area contributed by atoms with E-state index in [2.05, 4.69) is 0 Å². The Hall–Kier alpha value is -2.60. The monoisotopic (exact) mass is 385 g/mol. The van der Waals surface area contributed by atoms with E-state index in [1.165, 1.54) is 24.3 Å². The first-order chi connectivity index (χ1) is 11.5. The first-order valence-corrected chi connectivity index (χ1v) is 9.39. The molecule has 0 unspecified atom stereocenters. The van der Waals surface area contributed by atoms with Crippen molar-refractivity contribution in [2.75, 3.05) is 0 Å². The van der Waals surface area contributed by atoms with Gasteiger partial charge in [0.25, 0.3) is 25.9 Å². The summed E-state index contributed by atoms with van der Waals surface area (Å²) in [6, 6.07) is 8.19. The second kappa shape index (κ2) is 6.72. The SMILES string of the molecule is O=[N+]([O-])c1ccc(C=Cc2ccccc2S(=O)(=O)O)c(S(=O)(=O)O)c1. The summed E-state index contributed by atoms with van der Waals surface area (Å²) in [7, 11) is -9.26. The van der Waals surface area contributed by atoms with Gasteiger partial charge in [-0.2, -0.15) is 16.8 Å². The maximum Gasteiger partial charge on any atom is 0.295 e. The number of nitrogens with zero attached hydrogens (tertiary/aromatic N) is 1. The van der Waals surface area contributed by atoms with E-state index < -0.39 is 40.6 Å². The van der Waals surface area contributed by atoms with Crippen LogP contribution in [0.3, 0.4) is 0 Å². The third-order valence-corrected chi connectivity index (χ3v) is 4.96. The predicted octanol–water partition coefficient (Wildman–Crippen LogP) is 2.26. The predicted molar refractivity (Wildman–Crippen MR) is 88.1 cm³/mol. The quantitative estimate of drug-likeness (QED) is 0.344. The van der Waals surface area contributed by atoms with E-state index in [1.54, 1.807) is 0 Å². The summed E-state index contributed by atoms with van der Waals surface area (Å²) in [6.07, 6.45) is 2.34. The van der Waals surface area contributed by atoms with E-state index in [4.69, 9.17) is 0 Å². The largest absolute Gasteiger partial charge is 0.295 e. The molecule has 2 N–H and O–H groups in total. The molecule has 0 spiro atoms. The number of hydrogen-bond acceptors (Lipinski definition) is 6. The van der Waals surface area contributed by atoms with Crippen molar-refractivity contribution in [2.24, 2.45) is 0 Å². The highest BCUT2D eigenvalue weighted by molar-refractivity contribution is 7.86. The summed E-state index contributed by atoms with van der Waals surface area (Å²) in [5.74, 6) is 0. The molecule has 0 aliphatic carbocycles. The van der Waals surface area contributed by atoms with Gasteiger partial charge in [-0.05, 0) is 23.3 Å². The van der Waals surface area contributed by atoms with Crippen molar-refractivity contribution in [3.63, 3.8) is 0 Å². The maximum absolute atomic E-state index is 11.4. The highest BCUT2D eigenvalue weighted by Gasteiger charge is 2.19. The Balaban J connectivity index is 2.59. The fraction of sp³-hybridized carbons (Fsp3) is 0. The Bertz CT molecular complexity index is 1070. The molecule has 2 aromatic rings. The third-order valence-electron chi connectivity index (χ3n) is 3.13. The van der Waals surface area contributed by atoms with Crippen molar-refractivity contribution in [3.8, 4) is 0 Å². The molecule has 0 aliphatic heterocycles. The summed E-state index contributed by atoms with van der Waals surface area (Å²) in [5, 5.41) is 10.7. The van der Waals surface area contributed by atoms with Gasteiger partial charge in [-0.3, -0.25) is 19.2 Å². The molecule has 0 saturated carbocycles. The van der Waals surface area contributed by atoms with Crippen molar-refractivity contribution in [1.29, 1.82) is 0 Å². The van der Waals surface area contributed by atoms with Gasteiger partial charge >= 0.3 is 0 Å². The van der Waals surface area contributed by atoms with Crippen LogP contribution in [0.5, 0.6) is 0 Å². The van der Waals surface area contributed by atoms with Gasteiger partial charge < -0.3 is 0 Å². The van der Waals surface area contributed by atoms with Crippen LogP contribution in [0.2, 0.25) is 0 Å². The molecule has 9 nitrogen and oxygen atoms in total. The number of rotatable bonds is 5. The van der Waals surface area contributed by atoms with Gasteiger partial charge in [-0.1, -0.05) is 30.4 Å². The van der Waals surface area contributed by atoms with Gasteiger partial charge in [-0.15, -0.1) is 0 Å². The zero-order chi connectivity index (χ0) is 18.8. The molecule has 0 aromatic heterocycles. The Morgan fingerprint density at radius 2 is 1.36 bits per heavy atom. The number of non-ortho nitro benzene ring substituents is 1. The molecule has 2 aromatic carbocycles. The number of benzene rings is 2. The molecule has 0 radical (unpaired) electrons. The van der Waals surface area contributed by atoms with E-state index in [9.17, 15) is 36.1 Å². The van der Waals surface area contributed by atoms with Gasteiger partial charge in [0.1, 0.15) is 9.79 Å². The van der Waals surface area contributed by atoms with Crippen molar-refractivity contribution < 1.29 is 30.9 Å². The van der Waals surface area contributed by atoms with Crippen LogP contribution < -0.4 is 0 Å². The minimum atomic E-state index is -4.76. The summed E-state index contributed by atoms with van der Waals surface area (Å²) >= 11 is 0. The van der Waals surface area contributed by atoms with Gasteiger partial charge in [0.2, 0.25) is 0 Å². The molecular formula is C14H11NO8S2. The van der Waals surface area contributed by atoms with Crippen LogP contribution in [-0.4, -0.2) is 30.9 Å². The highest BCUT2D eigenvalue weighted by atomic mass is 32.2. The van der Waals surface area contributed by atoms with Crippen LogP contribution in [0.25, 0.3) is 12.2 Å². The lowest BCUT2D eigenvalue weighted by atomic mass is 10.1. The average Bonchev–Trinajstić information content (AvgIpc) is 2.51. The summed E-state index contributed by atoms with van der Waals surface area (Å²) in [4.78, 5) is 8.81. The lowest BCUT2D eigenvalue weighted by Gasteiger charge is -2.04. The Morgan fingerprint density at radius 1 is 0.840 bits per heavy atom. The number of nitro groups is 1. The van der Waals surface area contributed by atoms with E-state index in [0.29, 0.717) is 6.07 Å². The van der Waals surface area contributed by atoms with Crippen molar-refractivity contribution in [2.45, 2.75) is 9.79 Å². The molecule has 132 valence electrons. The van der Waals surface area contributed by atoms with E-state index in [0.717, 1.165) is 24.3 Å². The smallest absolute Gasteiger partial charge is 0.282 e. The van der Waals surface area contributed by atoms with Crippen LogP contribution in [-0.2, 0) is 20.2 Å². The molecule has 11 heteroatoms. The van der Waals surface area contributed by atoms with Crippen molar-refractivity contribution in [3.05, 3.63) is 63.7 Å². The second-order valence-electron chi connectivity index (χ2n) is 4.80. The molecule has 0 fully saturated rings. The molecule has 0 aliphatic rings. The summed E-state index contributed by atoms with van der Waals surface area (Å²) < 4.78 is 63.9. The highest BCUT2D eigenvalue weighted by Crippen LogP contribution is 2.25. The molecule has 25 heavy (non-hydrogen) atoms. The van der Waals surface area contributed by atoms with Crippen molar-refractivity contribution in [1.82, 2.24) is 0 Å². The summed E-state index contributed by atoms with van der Waals surface area (Å²) in [6.45, 7) is 0. The fourth-order valence-electron chi connectivity index (χ4n) is 2.03. The molecule has 0 heterocycles. The zero-order valence-electron chi connectivity index (χ0n) is 12.3. The summed E-state index contributed by atoms with van der Waals surface area (Å²) in [5.41, 5.74) is -0.578. The van der Waals surface area contributed by atoms with Crippen molar-refractivity contribution >= 4 is 38.1 Å². The van der Waals surface area contributed by atoms with Crippen LogP contribution in [0, 0.1) is 10.1 Å². The molecule has 0 amide bonds. The minimum Gasteiger partial charge on any atom is -0.282 e. The first kappa shape index (κ1) is 18.7. The van der Waals surface area contributed by atoms with Gasteiger partial charge in [0.15, 0.2) is 0 Å². The zero-order valence-corrected chi connectivity index (χ0v) is 13.9. The molecule has 0 atom stereocenters. The standard InChI is InChI=1S/C14H11NO8S2/c16-15(17)12-8-7-11(14(9-12)25(21,22)23)6-5-10-3-1-2-4-13(10)24(18,19)20/h1-9H,(H,18,19,20)(H,21,22,23). The Kier molecular flexibility index (Phi) is 5.04.